The molecule has 0 spiro atoms. The first-order valence-electron chi connectivity index (χ1n) is 9.49. The Labute approximate surface area is 152 Å². The van der Waals surface area contributed by atoms with Gasteiger partial charge in [0.05, 0.1) is 17.6 Å². The first-order valence-corrected chi connectivity index (χ1v) is 9.49. The van der Waals surface area contributed by atoms with Crippen molar-refractivity contribution in [2.45, 2.75) is 31.6 Å². The third kappa shape index (κ3) is 3.14. The Kier molecular flexibility index (Phi) is 4.01. The molecule has 1 saturated heterocycles. The van der Waals surface area contributed by atoms with Gasteiger partial charge in [-0.1, -0.05) is 0 Å². The molecule has 3 aromatic heterocycles. The summed E-state index contributed by atoms with van der Waals surface area (Å²) in [7, 11) is 0. The summed E-state index contributed by atoms with van der Waals surface area (Å²) in [6.07, 6.45) is 10.6. The Morgan fingerprint density at radius 2 is 1.92 bits per heavy atom. The van der Waals surface area contributed by atoms with E-state index in [-0.39, 0.29) is 0 Å². The highest BCUT2D eigenvalue weighted by molar-refractivity contribution is 5.61. The van der Waals surface area contributed by atoms with E-state index < -0.39 is 0 Å². The second kappa shape index (κ2) is 6.64. The van der Waals surface area contributed by atoms with Gasteiger partial charge in [-0.05, 0) is 62.7 Å². The van der Waals surface area contributed by atoms with Crippen LogP contribution in [0.5, 0.6) is 0 Å². The molecule has 1 aliphatic heterocycles. The number of piperidine rings is 1. The van der Waals surface area contributed by atoms with Crippen molar-refractivity contribution in [3.05, 3.63) is 36.3 Å². The summed E-state index contributed by atoms with van der Waals surface area (Å²) in [5.74, 6) is 1.99. The number of hydrogen-bond donors (Lipinski definition) is 2. The van der Waals surface area contributed by atoms with Crippen LogP contribution in [-0.4, -0.2) is 44.2 Å². The molecule has 0 aromatic carbocycles. The third-order valence-electron chi connectivity index (χ3n) is 5.34. The molecule has 3 aromatic rings. The molecule has 0 bridgehead atoms. The van der Waals surface area contributed by atoms with Gasteiger partial charge in [-0.25, -0.2) is 19.5 Å². The van der Waals surface area contributed by atoms with E-state index in [1.807, 2.05) is 29.0 Å². The van der Waals surface area contributed by atoms with Gasteiger partial charge < -0.3 is 10.6 Å². The van der Waals surface area contributed by atoms with Gasteiger partial charge in [-0.3, -0.25) is 0 Å². The lowest BCUT2D eigenvalue weighted by atomic mass is 9.98. The van der Waals surface area contributed by atoms with Crippen molar-refractivity contribution in [2.75, 3.05) is 25.0 Å². The molecule has 0 atom stereocenters. The smallest absolute Gasteiger partial charge is 0.223 e. The van der Waals surface area contributed by atoms with Gasteiger partial charge in [-0.2, -0.15) is 5.10 Å². The number of anilines is 1. The first-order chi connectivity index (χ1) is 12.9. The minimum Gasteiger partial charge on any atom is -0.354 e. The molecular weight excluding hydrogens is 326 g/mol. The van der Waals surface area contributed by atoms with Crippen molar-refractivity contribution in [1.82, 2.24) is 29.9 Å². The molecule has 0 unspecified atom stereocenters. The summed E-state index contributed by atoms with van der Waals surface area (Å²) in [5.41, 5.74) is 3.92. The van der Waals surface area contributed by atoms with E-state index in [2.05, 4.69) is 25.7 Å². The van der Waals surface area contributed by atoms with Gasteiger partial charge in [0.1, 0.15) is 0 Å². The lowest BCUT2D eigenvalue weighted by Crippen LogP contribution is -2.31. The van der Waals surface area contributed by atoms with Crippen LogP contribution in [-0.2, 0) is 0 Å². The fourth-order valence-corrected chi connectivity index (χ4v) is 3.62. The molecule has 2 N–H and O–H groups in total. The Bertz CT molecular complexity index is 909. The highest BCUT2D eigenvalue weighted by atomic mass is 15.2. The zero-order valence-electron chi connectivity index (χ0n) is 14.7. The van der Waals surface area contributed by atoms with Gasteiger partial charge in [0.25, 0.3) is 0 Å². The van der Waals surface area contributed by atoms with Crippen LogP contribution < -0.4 is 10.6 Å². The topological polar surface area (TPSA) is 80.0 Å². The standard InChI is InChI=1S/C19H23N7/c1-2-14(1)15-12-23-26-10-6-17(24-18(15)26)16-5-9-21-19(25-16)22-11-13-3-7-20-8-4-13/h5-6,9-10,12-14,20H,1-4,7-8,11H2,(H,21,22,25). The second-order valence-electron chi connectivity index (χ2n) is 7.29. The third-order valence-corrected chi connectivity index (χ3v) is 5.34. The molecule has 7 heteroatoms. The van der Waals surface area contributed by atoms with E-state index >= 15 is 0 Å². The quantitative estimate of drug-likeness (QED) is 0.737. The number of rotatable bonds is 5. The molecule has 0 amide bonds. The average Bonchev–Trinajstić information content (AvgIpc) is 3.46. The highest BCUT2D eigenvalue weighted by Gasteiger charge is 2.27. The Hall–Kier alpha value is -2.54. The summed E-state index contributed by atoms with van der Waals surface area (Å²) in [6.45, 7) is 3.13. The summed E-state index contributed by atoms with van der Waals surface area (Å²) in [5, 5.41) is 11.2. The zero-order valence-corrected chi connectivity index (χ0v) is 14.7. The number of nitrogens with zero attached hydrogens (tertiary/aromatic N) is 5. The van der Waals surface area contributed by atoms with Crippen LogP contribution in [0.2, 0.25) is 0 Å². The lowest BCUT2D eigenvalue weighted by Gasteiger charge is -2.22. The minimum atomic E-state index is 0.628. The van der Waals surface area contributed by atoms with Crippen LogP contribution in [0.3, 0.4) is 0 Å². The zero-order chi connectivity index (χ0) is 17.3. The maximum atomic E-state index is 4.83. The largest absolute Gasteiger partial charge is 0.354 e. The van der Waals surface area contributed by atoms with E-state index in [0.29, 0.717) is 17.8 Å². The number of hydrogen-bond acceptors (Lipinski definition) is 6. The molecule has 1 saturated carbocycles. The molecule has 134 valence electrons. The van der Waals surface area contributed by atoms with Gasteiger partial charge in [0.15, 0.2) is 5.65 Å². The number of aromatic nitrogens is 5. The lowest BCUT2D eigenvalue weighted by molar-refractivity contribution is 0.389. The van der Waals surface area contributed by atoms with Gasteiger partial charge in [0.2, 0.25) is 5.95 Å². The van der Waals surface area contributed by atoms with Crippen molar-refractivity contribution >= 4 is 11.6 Å². The summed E-state index contributed by atoms with van der Waals surface area (Å²) in [6, 6.07) is 3.89. The van der Waals surface area contributed by atoms with Crippen LogP contribution in [0.4, 0.5) is 5.95 Å². The van der Waals surface area contributed by atoms with Gasteiger partial charge >= 0.3 is 0 Å². The monoisotopic (exact) mass is 349 g/mol. The molecule has 2 aliphatic rings. The molecule has 4 heterocycles. The maximum absolute atomic E-state index is 4.83. The summed E-state index contributed by atoms with van der Waals surface area (Å²) >= 11 is 0. The average molecular weight is 349 g/mol. The molecule has 5 rings (SSSR count). The van der Waals surface area contributed by atoms with Crippen LogP contribution in [0.15, 0.2) is 30.7 Å². The maximum Gasteiger partial charge on any atom is 0.223 e. The van der Waals surface area contributed by atoms with Crippen LogP contribution in [0, 0.1) is 5.92 Å². The number of nitrogens with one attached hydrogen (secondary N) is 2. The Balaban J connectivity index is 1.37. The van der Waals surface area contributed by atoms with Gasteiger partial charge in [0, 0.05) is 24.5 Å². The van der Waals surface area contributed by atoms with E-state index in [4.69, 9.17) is 4.98 Å². The molecule has 7 nitrogen and oxygen atoms in total. The van der Waals surface area contributed by atoms with Crippen molar-refractivity contribution in [3.8, 4) is 11.4 Å². The molecule has 2 fully saturated rings. The van der Waals surface area contributed by atoms with Crippen molar-refractivity contribution < 1.29 is 0 Å². The molecule has 26 heavy (non-hydrogen) atoms. The predicted molar refractivity (Wildman–Crippen MR) is 100 cm³/mol. The fourth-order valence-electron chi connectivity index (χ4n) is 3.62. The SMILES string of the molecule is c1cc(-c2ccn3ncc(C4CC4)c3n2)nc(NCC2CCNCC2)n1. The normalized spacial score (nSPS) is 18.3. The van der Waals surface area contributed by atoms with Crippen LogP contribution in [0.25, 0.3) is 17.0 Å². The second-order valence-corrected chi connectivity index (χ2v) is 7.29. The summed E-state index contributed by atoms with van der Waals surface area (Å²) in [4.78, 5) is 13.9. The van der Waals surface area contributed by atoms with E-state index in [9.17, 15) is 0 Å². The van der Waals surface area contributed by atoms with E-state index in [1.165, 1.54) is 31.2 Å². The molecular formula is C19H23N7. The molecule has 1 aliphatic carbocycles. The van der Waals surface area contributed by atoms with Crippen molar-refractivity contribution in [2.24, 2.45) is 5.92 Å². The van der Waals surface area contributed by atoms with E-state index in [1.54, 1.807) is 6.20 Å². The van der Waals surface area contributed by atoms with E-state index in [0.717, 1.165) is 36.7 Å². The first kappa shape index (κ1) is 15.7. The molecule has 0 radical (unpaired) electrons. The highest BCUT2D eigenvalue weighted by Crippen LogP contribution is 2.41. The Morgan fingerprint density at radius 1 is 1.08 bits per heavy atom. The van der Waals surface area contributed by atoms with Crippen LogP contribution in [0.1, 0.15) is 37.2 Å². The van der Waals surface area contributed by atoms with Crippen molar-refractivity contribution in [1.29, 1.82) is 0 Å². The predicted octanol–water partition coefficient (Wildman–Crippen LogP) is 2.48. The van der Waals surface area contributed by atoms with Crippen molar-refractivity contribution in [3.63, 3.8) is 0 Å². The summed E-state index contributed by atoms with van der Waals surface area (Å²) < 4.78 is 1.86. The fraction of sp³-hybridized carbons (Fsp3) is 0.474. The van der Waals surface area contributed by atoms with Crippen LogP contribution >= 0.6 is 0 Å². The van der Waals surface area contributed by atoms with Gasteiger partial charge in [-0.15, -0.1) is 0 Å². The Morgan fingerprint density at radius 3 is 2.77 bits per heavy atom. The number of fused-ring (bicyclic) bond motifs is 1. The minimum absolute atomic E-state index is 0.628.